The number of aliphatic carboxylic acids is 1. The zero-order chi connectivity index (χ0) is 15.8. The lowest BCUT2D eigenvalue weighted by Gasteiger charge is -2.14. The highest BCUT2D eigenvalue weighted by Crippen LogP contribution is 2.15. The number of carbonyl (C=O) groups is 2. The number of hydrogen-bond donors (Lipinski definition) is 2. The van der Waals surface area contributed by atoms with E-state index in [1.807, 2.05) is 37.4 Å². The Morgan fingerprint density at radius 1 is 1.19 bits per heavy atom. The third-order valence-electron chi connectivity index (χ3n) is 3.43. The fourth-order valence-electron chi connectivity index (χ4n) is 1.98. The zero-order valence-electron chi connectivity index (χ0n) is 12.8. The molecule has 0 saturated carbocycles. The molecule has 0 spiro atoms. The molecule has 1 rings (SSSR count). The predicted octanol–water partition coefficient (Wildman–Crippen LogP) is 3.42. The molecule has 0 heterocycles. The average molecular weight is 309 g/mol. The van der Waals surface area contributed by atoms with E-state index in [2.05, 4.69) is 5.32 Å². The fraction of sp³-hybridized carbons (Fsp3) is 0.500. The van der Waals surface area contributed by atoms with E-state index >= 15 is 0 Å². The lowest BCUT2D eigenvalue weighted by Crippen LogP contribution is -2.32. The number of carboxylic acid groups (broad SMARTS) is 1. The van der Waals surface area contributed by atoms with E-state index in [0.717, 1.165) is 17.7 Å². The largest absolute Gasteiger partial charge is 0.481 e. The molecule has 4 nitrogen and oxygen atoms in total. The number of thioether (sulfide) groups is 1. The lowest BCUT2D eigenvalue weighted by molar-refractivity contribution is -0.141. The molecule has 21 heavy (non-hydrogen) atoms. The number of carboxylic acids is 1. The van der Waals surface area contributed by atoms with Crippen molar-refractivity contribution in [2.45, 2.75) is 44.0 Å². The molecular formula is C16H23NO3S. The van der Waals surface area contributed by atoms with E-state index < -0.39 is 5.97 Å². The highest BCUT2D eigenvalue weighted by molar-refractivity contribution is 7.98. The maximum Gasteiger partial charge on any atom is 0.306 e. The van der Waals surface area contributed by atoms with Crippen LogP contribution in [0.3, 0.4) is 0 Å². The minimum absolute atomic E-state index is 0.0405. The number of carbonyl (C=O) groups excluding carboxylic acids is 1. The van der Waals surface area contributed by atoms with Gasteiger partial charge < -0.3 is 10.4 Å². The predicted molar refractivity (Wildman–Crippen MR) is 85.8 cm³/mol. The molecule has 5 heteroatoms. The van der Waals surface area contributed by atoms with Crippen molar-refractivity contribution < 1.29 is 14.7 Å². The van der Waals surface area contributed by atoms with E-state index in [-0.39, 0.29) is 17.9 Å². The van der Waals surface area contributed by atoms with E-state index in [0.29, 0.717) is 12.0 Å². The summed E-state index contributed by atoms with van der Waals surface area (Å²) in [7, 11) is 0. The van der Waals surface area contributed by atoms with Gasteiger partial charge in [-0.2, -0.15) is 0 Å². The van der Waals surface area contributed by atoms with Gasteiger partial charge in [-0.05, 0) is 50.3 Å². The smallest absolute Gasteiger partial charge is 0.306 e. The van der Waals surface area contributed by atoms with Gasteiger partial charge in [-0.1, -0.05) is 13.3 Å². The van der Waals surface area contributed by atoms with Crippen LogP contribution in [-0.2, 0) is 4.79 Å². The van der Waals surface area contributed by atoms with Crippen LogP contribution in [0.1, 0.15) is 43.5 Å². The molecule has 116 valence electrons. The first kappa shape index (κ1) is 17.6. The SMILES string of the molecule is CSc1ccc(C(=O)NC(C)CCCC(C)C(=O)O)cc1. The molecule has 0 aliphatic rings. The van der Waals surface area contributed by atoms with Crippen LogP contribution >= 0.6 is 11.8 Å². The Labute approximate surface area is 130 Å². The summed E-state index contributed by atoms with van der Waals surface area (Å²) in [6, 6.07) is 7.54. The van der Waals surface area contributed by atoms with Crippen LogP contribution in [0.2, 0.25) is 0 Å². The summed E-state index contributed by atoms with van der Waals surface area (Å²) < 4.78 is 0. The van der Waals surface area contributed by atoms with Crippen molar-refractivity contribution in [2.75, 3.05) is 6.26 Å². The fourth-order valence-corrected chi connectivity index (χ4v) is 2.38. The van der Waals surface area contributed by atoms with Gasteiger partial charge in [0.05, 0.1) is 5.92 Å². The highest BCUT2D eigenvalue weighted by atomic mass is 32.2. The lowest BCUT2D eigenvalue weighted by atomic mass is 10.0. The van der Waals surface area contributed by atoms with E-state index in [9.17, 15) is 9.59 Å². The second-order valence-corrected chi connectivity index (χ2v) is 6.15. The first-order valence-corrected chi connectivity index (χ1v) is 8.34. The van der Waals surface area contributed by atoms with Gasteiger partial charge in [0.25, 0.3) is 5.91 Å². The number of rotatable bonds is 8. The van der Waals surface area contributed by atoms with Crippen molar-refractivity contribution in [1.29, 1.82) is 0 Å². The molecule has 1 aromatic carbocycles. The summed E-state index contributed by atoms with van der Waals surface area (Å²) in [4.78, 5) is 23.9. The molecule has 1 amide bonds. The Kier molecular flexibility index (Phi) is 7.29. The summed E-state index contributed by atoms with van der Waals surface area (Å²) in [6.07, 6.45) is 4.21. The first-order valence-electron chi connectivity index (χ1n) is 7.11. The molecule has 2 atom stereocenters. The van der Waals surface area contributed by atoms with Crippen molar-refractivity contribution in [3.05, 3.63) is 29.8 Å². The summed E-state index contributed by atoms with van der Waals surface area (Å²) in [6.45, 7) is 3.65. The van der Waals surface area contributed by atoms with Crippen LogP contribution < -0.4 is 5.32 Å². The maximum atomic E-state index is 12.0. The Morgan fingerprint density at radius 2 is 1.81 bits per heavy atom. The van der Waals surface area contributed by atoms with Gasteiger partial charge in [0, 0.05) is 16.5 Å². The monoisotopic (exact) mass is 309 g/mol. The summed E-state index contributed by atoms with van der Waals surface area (Å²) in [5.41, 5.74) is 0.651. The quantitative estimate of drug-likeness (QED) is 0.722. The Hall–Kier alpha value is -1.49. The number of nitrogens with one attached hydrogen (secondary N) is 1. The van der Waals surface area contributed by atoms with Gasteiger partial charge in [0.15, 0.2) is 0 Å². The second kappa shape index (κ2) is 8.72. The number of benzene rings is 1. The maximum absolute atomic E-state index is 12.0. The average Bonchev–Trinajstić information content (AvgIpc) is 2.46. The number of amides is 1. The normalized spacial score (nSPS) is 13.5. The summed E-state index contributed by atoms with van der Waals surface area (Å²) in [5.74, 6) is -1.17. The second-order valence-electron chi connectivity index (χ2n) is 5.27. The van der Waals surface area contributed by atoms with Crippen LogP contribution in [0.15, 0.2) is 29.2 Å². The van der Waals surface area contributed by atoms with E-state index in [1.54, 1.807) is 18.7 Å². The first-order chi connectivity index (χ1) is 9.93. The van der Waals surface area contributed by atoms with Crippen molar-refractivity contribution in [3.8, 4) is 0 Å². The van der Waals surface area contributed by atoms with Gasteiger partial charge in [0.2, 0.25) is 0 Å². The molecule has 0 bridgehead atoms. The van der Waals surface area contributed by atoms with E-state index in [1.165, 1.54) is 0 Å². The van der Waals surface area contributed by atoms with Crippen LogP contribution in [0.5, 0.6) is 0 Å². The molecule has 2 N–H and O–H groups in total. The van der Waals surface area contributed by atoms with Crippen molar-refractivity contribution in [2.24, 2.45) is 5.92 Å². The van der Waals surface area contributed by atoms with Gasteiger partial charge >= 0.3 is 5.97 Å². The van der Waals surface area contributed by atoms with Crippen LogP contribution in [-0.4, -0.2) is 29.3 Å². The molecule has 0 aliphatic carbocycles. The third kappa shape index (κ3) is 6.21. The van der Waals surface area contributed by atoms with Crippen LogP contribution in [0, 0.1) is 5.92 Å². The van der Waals surface area contributed by atoms with E-state index in [4.69, 9.17) is 5.11 Å². The molecule has 0 saturated heterocycles. The van der Waals surface area contributed by atoms with Gasteiger partial charge in [-0.25, -0.2) is 0 Å². The van der Waals surface area contributed by atoms with Crippen molar-refractivity contribution >= 4 is 23.6 Å². The Balaban J connectivity index is 2.37. The molecule has 0 fully saturated rings. The summed E-state index contributed by atoms with van der Waals surface area (Å²) >= 11 is 1.64. The highest BCUT2D eigenvalue weighted by Gasteiger charge is 2.13. The third-order valence-corrected chi connectivity index (χ3v) is 4.17. The van der Waals surface area contributed by atoms with Crippen molar-refractivity contribution in [3.63, 3.8) is 0 Å². The topological polar surface area (TPSA) is 66.4 Å². The minimum Gasteiger partial charge on any atom is -0.481 e. The van der Waals surface area contributed by atoms with Gasteiger partial charge in [-0.3, -0.25) is 9.59 Å². The minimum atomic E-state index is -0.763. The van der Waals surface area contributed by atoms with Gasteiger partial charge in [-0.15, -0.1) is 11.8 Å². The standard InChI is InChI=1S/C16H23NO3S/c1-11(16(19)20)5-4-6-12(2)17-15(18)13-7-9-14(21-3)10-8-13/h7-12H,4-6H2,1-3H3,(H,17,18)(H,19,20). The molecular weight excluding hydrogens is 286 g/mol. The molecule has 0 aromatic heterocycles. The summed E-state index contributed by atoms with van der Waals surface area (Å²) in [5, 5.41) is 11.8. The van der Waals surface area contributed by atoms with Crippen LogP contribution in [0.25, 0.3) is 0 Å². The Bertz CT molecular complexity index is 473. The Morgan fingerprint density at radius 3 is 2.33 bits per heavy atom. The van der Waals surface area contributed by atoms with Crippen molar-refractivity contribution in [1.82, 2.24) is 5.32 Å². The molecule has 1 aromatic rings. The molecule has 2 unspecified atom stereocenters. The number of hydrogen-bond acceptors (Lipinski definition) is 3. The molecule has 0 radical (unpaired) electrons. The van der Waals surface area contributed by atoms with Gasteiger partial charge in [0.1, 0.15) is 0 Å². The van der Waals surface area contributed by atoms with Crippen LogP contribution in [0.4, 0.5) is 0 Å². The molecule has 0 aliphatic heterocycles. The zero-order valence-corrected chi connectivity index (χ0v) is 13.6.